The van der Waals surface area contributed by atoms with E-state index in [0.717, 1.165) is 30.6 Å². The van der Waals surface area contributed by atoms with E-state index in [1.54, 1.807) is 4.68 Å². The first kappa shape index (κ1) is 16.5. The fourth-order valence-corrected chi connectivity index (χ4v) is 3.45. The van der Waals surface area contributed by atoms with E-state index in [4.69, 9.17) is 0 Å². The van der Waals surface area contributed by atoms with E-state index in [-0.39, 0.29) is 17.8 Å². The molecule has 0 aliphatic carbocycles. The molecule has 1 amide bonds. The van der Waals surface area contributed by atoms with E-state index in [0.29, 0.717) is 5.82 Å². The summed E-state index contributed by atoms with van der Waals surface area (Å²) in [6.07, 6.45) is 3.25. The highest BCUT2D eigenvalue weighted by Gasteiger charge is 2.28. The Kier molecular flexibility index (Phi) is 4.52. The number of carbonyl (C=O) groups excluding carboxylic acids is 1. The lowest BCUT2D eigenvalue weighted by Crippen LogP contribution is -2.42. The highest BCUT2D eigenvalue weighted by Crippen LogP contribution is 2.23. The number of carbonyl (C=O) groups is 1. The normalized spacial score (nSPS) is 17.3. The number of piperidine rings is 1. The molecule has 1 saturated heterocycles. The number of hydrogen-bond acceptors (Lipinski definition) is 3. The van der Waals surface area contributed by atoms with Crippen molar-refractivity contribution in [1.29, 1.82) is 0 Å². The third kappa shape index (κ3) is 3.12. The van der Waals surface area contributed by atoms with E-state index < -0.39 is 0 Å². The van der Waals surface area contributed by atoms with Crippen LogP contribution in [0.2, 0.25) is 0 Å². The van der Waals surface area contributed by atoms with Crippen molar-refractivity contribution in [3.8, 4) is 17.1 Å². The highest BCUT2D eigenvalue weighted by molar-refractivity contribution is 5.91. The molecule has 5 nitrogen and oxygen atoms in total. The SMILES string of the molecule is C[C@@H]1CCCCN1C(=O)c1nc(-c2ccccc2)n(-c2ccccc2)n1. The molecule has 5 heteroatoms. The van der Waals surface area contributed by atoms with Gasteiger partial charge in [-0.15, -0.1) is 5.10 Å². The van der Waals surface area contributed by atoms with Gasteiger partial charge in [0.2, 0.25) is 5.82 Å². The molecule has 3 aromatic rings. The number of benzene rings is 2. The van der Waals surface area contributed by atoms with Crippen LogP contribution >= 0.6 is 0 Å². The summed E-state index contributed by atoms with van der Waals surface area (Å²) in [6, 6.07) is 19.9. The molecule has 0 N–H and O–H groups in total. The molecular formula is C21H22N4O. The predicted octanol–water partition coefficient (Wildman–Crippen LogP) is 3.95. The lowest BCUT2D eigenvalue weighted by atomic mass is 10.0. The predicted molar refractivity (Wildman–Crippen MR) is 101 cm³/mol. The van der Waals surface area contributed by atoms with Crippen molar-refractivity contribution in [2.75, 3.05) is 6.54 Å². The van der Waals surface area contributed by atoms with Gasteiger partial charge in [-0.05, 0) is 38.3 Å². The van der Waals surface area contributed by atoms with Crippen LogP contribution in [0.25, 0.3) is 17.1 Å². The number of rotatable bonds is 3. The smallest absolute Gasteiger partial charge is 0.293 e. The van der Waals surface area contributed by atoms with Crippen LogP contribution in [0, 0.1) is 0 Å². The molecular weight excluding hydrogens is 324 g/mol. The van der Waals surface area contributed by atoms with Crippen LogP contribution in [0.3, 0.4) is 0 Å². The lowest BCUT2D eigenvalue weighted by molar-refractivity contribution is 0.0623. The van der Waals surface area contributed by atoms with E-state index in [1.165, 1.54) is 6.42 Å². The summed E-state index contributed by atoms with van der Waals surface area (Å²) in [7, 11) is 0. The van der Waals surface area contributed by atoms with Gasteiger partial charge in [-0.25, -0.2) is 9.67 Å². The maximum atomic E-state index is 13.0. The monoisotopic (exact) mass is 346 g/mol. The molecule has 1 aliphatic heterocycles. The lowest BCUT2D eigenvalue weighted by Gasteiger charge is -2.32. The van der Waals surface area contributed by atoms with Crippen LogP contribution in [0.15, 0.2) is 60.7 Å². The second-order valence-electron chi connectivity index (χ2n) is 6.72. The molecule has 132 valence electrons. The van der Waals surface area contributed by atoms with Gasteiger partial charge < -0.3 is 4.90 Å². The Balaban J connectivity index is 1.77. The zero-order valence-electron chi connectivity index (χ0n) is 14.9. The molecule has 26 heavy (non-hydrogen) atoms. The molecule has 1 atom stereocenters. The molecule has 1 aliphatic rings. The van der Waals surface area contributed by atoms with E-state index >= 15 is 0 Å². The average molecular weight is 346 g/mol. The quantitative estimate of drug-likeness (QED) is 0.721. The number of hydrogen-bond donors (Lipinski definition) is 0. The maximum absolute atomic E-state index is 13.0. The first-order valence-corrected chi connectivity index (χ1v) is 9.13. The molecule has 2 heterocycles. The fourth-order valence-electron chi connectivity index (χ4n) is 3.45. The summed E-state index contributed by atoms with van der Waals surface area (Å²) in [6.45, 7) is 2.88. The van der Waals surface area contributed by atoms with Gasteiger partial charge in [-0.1, -0.05) is 48.5 Å². The number of amides is 1. The van der Waals surface area contributed by atoms with Crippen molar-refractivity contribution in [3.05, 3.63) is 66.5 Å². The molecule has 0 radical (unpaired) electrons. The zero-order valence-corrected chi connectivity index (χ0v) is 14.9. The maximum Gasteiger partial charge on any atom is 0.293 e. The number of likely N-dealkylation sites (tertiary alicyclic amines) is 1. The van der Waals surface area contributed by atoms with Crippen molar-refractivity contribution in [1.82, 2.24) is 19.7 Å². The third-order valence-electron chi connectivity index (χ3n) is 4.90. The van der Waals surface area contributed by atoms with Crippen molar-refractivity contribution < 1.29 is 4.79 Å². The summed E-state index contributed by atoms with van der Waals surface area (Å²) in [5, 5.41) is 4.58. The van der Waals surface area contributed by atoms with Crippen LogP contribution in [-0.4, -0.2) is 38.2 Å². The van der Waals surface area contributed by atoms with Crippen LogP contribution in [0.5, 0.6) is 0 Å². The van der Waals surface area contributed by atoms with Crippen molar-refractivity contribution in [2.24, 2.45) is 0 Å². The molecule has 0 spiro atoms. The minimum atomic E-state index is -0.0796. The molecule has 0 bridgehead atoms. The van der Waals surface area contributed by atoms with Crippen LogP contribution in [0.1, 0.15) is 36.8 Å². The minimum Gasteiger partial charge on any atom is -0.333 e. The van der Waals surface area contributed by atoms with Gasteiger partial charge in [0.15, 0.2) is 5.82 Å². The summed E-state index contributed by atoms with van der Waals surface area (Å²) in [5.41, 5.74) is 1.83. The highest BCUT2D eigenvalue weighted by atomic mass is 16.2. The zero-order chi connectivity index (χ0) is 17.9. The Bertz CT molecular complexity index is 832. The Morgan fingerprint density at radius 3 is 2.38 bits per heavy atom. The van der Waals surface area contributed by atoms with Crippen LogP contribution in [0.4, 0.5) is 0 Å². The molecule has 1 fully saturated rings. The molecule has 4 rings (SSSR count). The van der Waals surface area contributed by atoms with Gasteiger partial charge in [0.05, 0.1) is 5.69 Å². The van der Waals surface area contributed by atoms with Gasteiger partial charge >= 0.3 is 0 Å². The van der Waals surface area contributed by atoms with Gasteiger partial charge in [-0.2, -0.15) is 0 Å². The standard InChI is InChI=1S/C21H22N4O/c1-16-10-8-9-15-24(16)21(26)19-22-20(17-11-4-2-5-12-17)25(23-19)18-13-6-3-7-14-18/h2-7,11-14,16H,8-10,15H2,1H3/t16-/m1/s1. The van der Waals surface area contributed by atoms with E-state index in [1.807, 2.05) is 65.6 Å². The van der Waals surface area contributed by atoms with Crippen LogP contribution in [-0.2, 0) is 0 Å². The summed E-state index contributed by atoms with van der Waals surface area (Å²) >= 11 is 0. The van der Waals surface area contributed by atoms with Crippen molar-refractivity contribution in [3.63, 3.8) is 0 Å². The third-order valence-corrected chi connectivity index (χ3v) is 4.90. The first-order valence-electron chi connectivity index (χ1n) is 9.13. The van der Waals surface area contributed by atoms with E-state index in [9.17, 15) is 4.79 Å². The molecule has 0 saturated carbocycles. The first-order chi connectivity index (χ1) is 12.7. The van der Waals surface area contributed by atoms with Crippen LogP contribution < -0.4 is 0 Å². The fraction of sp³-hybridized carbons (Fsp3) is 0.286. The number of nitrogens with zero attached hydrogens (tertiary/aromatic N) is 4. The number of aromatic nitrogens is 3. The molecule has 0 unspecified atom stereocenters. The Morgan fingerprint density at radius 2 is 1.69 bits per heavy atom. The average Bonchev–Trinajstić information content (AvgIpc) is 3.15. The summed E-state index contributed by atoms with van der Waals surface area (Å²) in [5.74, 6) is 0.871. The Hall–Kier alpha value is -2.95. The Morgan fingerprint density at radius 1 is 1.00 bits per heavy atom. The van der Waals surface area contributed by atoms with Gasteiger partial charge in [0, 0.05) is 18.2 Å². The topological polar surface area (TPSA) is 51.0 Å². The second kappa shape index (κ2) is 7.12. The van der Waals surface area contributed by atoms with E-state index in [2.05, 4.69) is 17.0 Å². The van der Waals surface area contributed by atoms with Gasteiger partial charge in [0.25, 0.3) is 5.91 Å². The summed E-state index contributed by atoms with van der Waals surface area (Å²) in [4.78, 5) is 19.6. The van der Waals surface area contributed by atoms with Gasteiger partial charge in [-0.3, -0.25) is 4.79 Å². The molecule has 1 aromatic heterocycles. The largest absolute Gasteiger partial charge is 0.333 e. The van der Waals surface area contributed by atoms with Gasteiger partial charge in [0.1, 0.15) is 0 Å². The Labute approximate surface area is 153 Å². The van der Waals surface area contributed by atoms with Crippen molar-refractivity contribution in [2.45, 2.75) is 32.2 Å². The number of para-hydroxylation sites is 1. The van der Waals surface area contributed by atoms with Crippen molar-refractivity contribution >= 4 is 5.91 Å². The summed E-state index contributed by atoms with van der Waals surface area (Å²) < 4.78 is 1.76. The second-order valence-corrected chi connectivity index (χ2v) is 6.72. The minimum absolute atomic E-state index is 0.0796. The molecule has 2 aromatic carbocycles.